The molecule has 0 amide bonds. The fraction of sp³-hybridized carbons (Fsp3) is 0.818. The molecule has 0 aliphatic rings. The highest BCUT2D eigenvalue weighted by atomic mass is 16.5. The van der Waals surface area contributed by atoms with Crippen molar-refractivity contribution in [1.29, 1.82) is 0 Å². The van der Waals surface area contributed by atoms with Crippen LogP contribution in [-0.2, 0) is 22.6 Å². The minimum absolute atomic E-state index is 0.121. The van der Waals surface area contributed by atoms with Gasteiger partial charge >= 0.3 is 0 Å². The molecule has 1 heterocycles. The first-order valence-corrected chi connectivity index (χ1v) is 5.99. The summed E-state index contributed by atoms with van der Waals surface area (Å²) in [5.41, 5.74) is 0.940. The minimum Gasteiger partial charge on any atom is -0.379 e. The fourth-order valence-corrected chi connectivity index (χ4v) is 1.39. The zero-order chi connectivity index (χ0) is 12.5. The first-order valence-electron chi connectivity index (χ1n) is 5.99. The molecule has 0 saturated carbocycles. The molecular weight excluding hydrogens is 220 g/mol. The summed E-state index contributed by atoms with van der Waals surface area (Å²) in [5.74, 6) is 0. The molecule has 6 nitrogen and oxygen atoms in total. The number of rotatable bonds is 9. The molecule has 17 heavy (non-hydrogen) atoms. The summed E-state index contributed by atoms with van der Waals surface area (Å²) in [6, 6.07) is 0. The Bertz CT molecular complexity index is 303. The topological polar surface area (TPSA) is 61.2 Å². The maximum Gasteiger partial charge on any atom is 0.0964 e. The minimum atomic E-state index is 0.121. The summed E-state index contributed by atoms with van der Waals surface area (Å²) in [6.07, 6.45) is 2.04. The highest BCUT2D eigenvalue weighted by molar-refractivity contribution is 4.90. The number of nitrogens with one attached hydrogen (secondary N) is 1. The molecule has 0 bridgehead atoms. The summed E-state index contributed by atoms with van der Waals surface area (Å²) in [6.45, 7) is 7.42. The van der Waals surface area contributed by atoms with Crippen LogP contribution in [0.1, 0.15) is 19.5 Å². The van der Waals surface area contributed by atoms with E-state index in [4.69, 9.17) is 9.47 Å². The Morgan fingerprint density at radius 1 is 1.53 bits per heavy atom. The number of nitrogens with zero attached hydrogens (tertiary/aromatic N) is 3. The summed E-state index contributed by atoms with van der Waals surface area (Å²) in [7, 11) is 1.89. The van der Waals surface area contributed by atoms with Gasteiger partial charge in [0.15, 0.2) is 0 Å². The van der Waals surface area contributed by atoms with Gasteiger partial charge < -0.3 is 14.8 Å². The maximum absolute atomic E-state index is 5.59. The molecule has 1 atom stereocenters. The summed E-state index contributed by atoms with van der Waals surface area (Å²) in [4.78, 5) is 0. The van der Waals surface area contributed by atoms with Crippen LogP contribution in [-0.4, -0.2) is 48.0 Å². The normalized spacial score (nSPS) is 12.9. The van der Waals surface area contributed by atoms with Gasteiger partial charge in [-0.05, 0) is 20.9 Å². The van der Waals surface area contributed by atoms with Crippen molar-refractivity contribution in [3.63, 3.8) is 0 Å². The maximum atomic E-state index is 5.59. The van der Waals surface area contributed by atoms with E-state index in [-0.39, 0.29) is 6.10 Å². The van der Waals surface area contributed by atoms with Crippen LogP contribution in [0.25, 0.3) is 0 Å². The zero-order valence-electron chi connectivity index (χ0n) is 10.8. The smallest absolute Gasteiger partial charge is 0.0964 e. The SMILES string of the molecule is CCOCC(C)OCCn1cc(CNC)nn1. The van der Waals surface area contributed by atoms with E-state index >= 15 is 0 Å². The van der Waals surface area contributed by atoms with E-state index in [9.17, 15) is 0 Å². The van der Waals surface area contributed by atoms with Gasteiger partial charge in [-0.2, -0.15) is 0 Å². The fourth-order valence-electron chi connectivity index (χ4n) is 1.39. The summed E-state index contributed by atoms with van der Waals surface area (Å²) in [5, 5.41) is 11.1. The van der Waals surface area contributed by atoms with Crippen LogP contribution in [0.4, 0.5) is 0 Å². The van der Waals surface area contributed by atoms with Crippen LogP contribution >= 0.6 is 0 Å². The van der Waals surface area contributed by atoms with Crippen molar-refractivity contribution in [2.24, 2.45) is 0 Å². The lowest BCUT2D eigenvalue weighted by Crippen LogP contribution is -2.19. The number of hydrogen-bond donors (Lipinski definition) is 1. The summed E-state index contributed by atoms with van der Waals surface area (Å²) < 4.78 is 12.6. The molecule has 1 aromatic heterocycles. The zero-order valence-corrected chi connectivity index (χ0v) is 10.8. The van der Waals surface area contributed by atoms with Crippen molar-refractivity contribution in [3.05, 3.63) is 11.9 Å². The number of aromatic nitrogens is 3. The number of hydrogen-bond acceptors (Lipinski definition) is 5. The molecule has 1 unspecified atom stereocenters. The first-order chi connectivity index (χ1) is 8.26. The van der Waals surface area contributed by atoms with Crippen LogP contribution in [0.5, 0.6) is 0 Å². The van der Waals surface area contributed by atoms with Gasteiger partial charge in [0.25, 0.3) is 0 Å². The van der Waals surface area contributed by atoms with Crippen molar-refractivity contribution in [3.8, 4) is 0 Å². The van der Waals surface area contributed by atoms with Crippen LogP contribution in [0.2, 0.25) is 0 Å². The second-order valence-corrected chi connectivity index (χ2v) is 3.84. The molecule has 1 aromatic rings. The van der Waals surface area contributed by atoms with Gasteiger partial charge in [0.1, 0.15) is 0 Å². The highest BCUT2D eigenvalue weighted by Gasteiger charge is 2.03. The van der Waals surface area contributed by atoms with Gasteiger partial charge in [0.2, 0.25) is 0 Å². The lowest BCUT2D eigenvalue weighted by Gasteiger charge is -2.12. The molecule has 6 heteroatoms. The average Bonchev–Trinajstić information content (AvgIpc) is 2.75. The molecule has 0 aromatic carbocycles. The monoisotopic (exact) mass is 242 g/mol. The Morgan fingerprint density at radius 2 is 2.35 bits per heavy atom. The van der Waals surface area contributed by atoms with Gasteiger partial charge in [-0.25, -0.2) is 4.68 Å². The van der Waals surface area contributed by atoms with Gasteiger partial charge in [-0.3, -0.25) is 0 Å². The van der Waals surface area contributed by atoms with Gasteiger partial charge in [0.05, 0.1) is 31.6 Å². The Balaban J connectivity index is 2.16. The van der Waals surface area contributed by atoms with E-state index in [0.29, 0.717) is 19.8 Å². The van der Waals surface area contributed by atoms with Crippen LogP contribution in [0, 0.1) is 0 Å². The van der Waals surface area contributed by atoms with E-state index in [1.807, 2.05) is 27.1 Å². The number of ether oxygens (including phenoxy) is 2. The molecule has 0 aliphatic heterocycles. The third kappa shape index (κ3) is 5.76. The lowest BCUT2D eigenvalue weighted by atomic mass is 10.4. The average molecular weight is 242 g/mol. The molecule has 1 rings (SSSR count). The van der Waals surface area contributed by atoms with Gasteiger partial charge in [-0.15, -0.1) is 5.10 Å². The molecular formula is C11H22N4O2. The van der Waals surface area contributed by atoms with Crippen molar-refractivity contribution < 1.29 is 9.47 Å². The van der Waals surface area contributed by atoms with Gasteiger partial charge in [0, 0.05) is 19.3 Å². The van der Waals surface area contributed by atoms with Crippen LogP contribution < -0.4 is 5.32 Å². The second-order valence-electron chi connectivity index (χ2n) is 3.84. The van der Waals surface area contributed by atoms with E-state index in [1.165, 1.54) is 0 Å². The van der Waals surface area contributed by atoms with E-state index < -0.39 is 0 Å². The Labute approximate surface area is 102 Å². The van der Waals surface area contributed by atoms with E-state index in [1.54, 1.807) is 4.68 Å². The van der Waals surface area contributed by atoms with Crippen molar-refractivity contribution in [2.75, 3.05) is 26.9 Å². The van der Waals surface area contributed by atoms with Crippen molar-refractivity contribution in [1.82, 2.24) is 20.3 Å². The molecule has 0 saturated heterocycles. The van der Waals surface area contributed by atoms with Gasteiger partial charge in [-0.1, -0.05) is 5.21 Å². The Hall–Kier alpha value is -0.980. The molecule has 1 N–H and O–H groups in total. The van der Waals surface area contributed by atoms with Crippen LogP contribution in [0.3, 0.4) is 0 Å². The predicted octanol–water partition coefficient (Wildman–Crippen LogP) is 0.439. The first kappa shape index (κ1) is 14.1. The predicted molar refractivity (Wildman–Crippen MR) is 64.7 cm³/mol. The molecule has 0 fully saturated rings. The van der Waals surface area contributed by atoms with E-state index in [2.05, 4.69) is 15.6 Å². The lowest BCUT2D eigenvalue weighted by molar-refractivity contribution is -0.00688. The standard InChI is InChI=1S/C11H22N4O2/c1-4-16-9-10(2)17-6-5-15-8-11(7-12-3)13-14-15/h8,10,12H,4-7,9H2,1-3H3. The molecule has 98 valence electrons. The van der Waals surface area contributed by atoms with E-state index in [0.717, 1.165) is 18.8 Å². The third-order valence-electron chi connectivity index (χ3n) is 2.22. The largest absolute Gasteiger partial charge is 0.379 e. The molecule has 0 aliphatic carbocycles. The Kier molecular flexibility index (Phi) is 6.76. The van der Waals surface area contributed by atoms with Crippen LogP contribution in [0.15, 0.2) is 6.20 Å². The van der Waals surface area contributed by atoms with Crippen molar-refractivity contribution in [2.45, 2.75) is 33.0 Å². The quantitative estimate of drug-likeness (QED) is 0.681. The second kappa shape index (κ2) is 8.16. The summed E-state index contributed by atoms with van der Waals surface area (Å²) >= 11 is 0. The third-order valence-corrected chi connectivity index (χ3v) is 2.22. The van der Waals surface area contributed by atoms with Crippen molar-refractivity contribution >= 4 is 0 Å². The Morgan fingerprint density at radius 3 is 3.06 bits per heavy atom. The molecule has 0 radical (unpaired) electrons. The highest BCUT2D eigenvalue weighted by Crippen LogP contribution is 1.95. The molecule has 0 spiro atoms.